The van der Waals surface area contributed by atoms with Gasteiger partial charge in [-0.3, -0.25) is 4.98 Å². The Hall–Kier alpha value is -3.46. The highest BCUT2D eigenvalue weighted by Crippen LogP contribution is 2.17. The molecule has 3 aromatic heterocycles. The lowest BCUT2D eigenvalue weighted by molar-refractivity contribution is 0.267. The number of rotatable bonds is 6. The van der Waals surface area contributed by atoms with Crippen molar-refractivity contribution in [1.29, 1.82) is 0 Å². The van der Waals surface area contributed by atoms with Gasteiger partial charge in [0.25, 0.3) is 0 Å². The second-order valence-electron chi connectivity index (χ2n) is 5.63. The molecule has 0 atom stereocenters. The number of pyridine rings is 1. The summed E-state index contributed by atoms with van der Waals surface area (Å²) in [4.78, 5) is 8.66. The molecule has 0 saturated carbocycles. The Morgan fingerprint density at radius 1 is 1.00 bits per heavy atom. The summed E-state index contributed by atoms with van der Waals surface area (Å²) in [5.74, 6) is 1.42. The van der Waals surface area contributed by atoms with Crippen LogP contribution in [0.25, 0.3) is 17.1 Å². The summed E-state index contributed by atoms with van der Waals surface area (Å²) in [6.45, 7) is 0.403. The van der Waals surface area contributed by atoms with E-state index in [1.165, 1.54) is 0 Å². The summed E-state index contributed by atoms with van der Waals surface area (Å²) in [5, 5.41) is 25.0. The fraction of sp³-hybridized carbons (Fsp3) is 0.176. The number of nitrogens with zero attached hydrogens (tertiary/aromatic N) is 8. The fourth-order valence-electron chi connectivity index (χ4n) is 2.63. The summed E-state index contributed by atoms with van der Waals surface area (Å²) < 4.78 is 3.34. The maximum Gasteiger partial charge on any atom is 0.181 e. The zero-order valence-electron chi connectivity index (χ0n) is 13.8. The molecule has 130 valence electrons. The van der Waals surface area contributed by atoms with Crippen LogP contribution in [0, 0.1) is 0 Å². The van der Waals surface area contributed by atoms with Crippen molar-refractivity contribution in [2.75, 3.05) is 6.61 Å². The standard InChI is InChI=1S/C17H16N8O/c26-10-9-24-16(20-17(21-24)14-5-7-18-8-6-14)11-13-1-3-15(4-2-13)25-12-19-22-23-25/h1-8,12,26H,9-11H2. The lowest BCUT2D eigenvalue weighted by Crippen LogP contribution is -2.09. The number of aromatic nitrogens is 8. The van der Waals surface area contributed by atoms with Crippen molar-refractivity contribution in [2.24, 2.45) is 0 Å². The first-order valence-corrected chi connectivity index (χ1v) is 8.11. The molecule has 9 nitrogen and oxygen atoms in total. The van der Waals surface area contributed by atoms with Crippen LogP contribution in [0.3, 0.4) is 0 Å². The van der Waals surface area contributed by atoms with E-state index in [1.54, 1.807) is 28.1 Å². The molecule has 0 aliphatic carbocycles. The average molecular weight is 348 g/mol. The van der Waals surface area contributed by atoms with E-state index < -0.39 is 0 Å². The number of benzene rings is 1. The molecule has 0 radical (unpaired) electrons. The van der Waals surface area contributed by atoms with Crippen molar-refractivity contribution >= 4 is 0 Å². The third kappa shape index (κ3) is 3.33. The van der Waals surface area contributed by atoms with E-state index in [-0.39, 0.29) is 6.61 Å². The highest BCUT2D eigenvalue weighted by atomic mass is 16.3. The minimum Gasteiger partial charge on any atom is -0.394 e. The average Bonchev–Trinajstić information content (AvgIpc) is 3.34. The van der Waals surface area contributed by atoms with Gasteiger partial charge >= 0.3 is 0 Å². The SMILES string of the molecule is OCCn1nc(-c2ccncc2)nc1Cc1ccc(-n2cnnn2)cc1. The maximum absolute atomic E-state index is 9.31. The Kier molecular flexibility index (Phi) is 4.44. The second-order valence-corrected chi connectivity index (χ2v) is 5.63. The van der Waals surface area contributed by atoms with E-state index >= 15 is 0 Å². The van der Waals surface area contributed by atoms with Crippen molar-refractivity contribution in [2.45, 2.75) is 13.0 Å². The molecule has 4 aromatic rings. The Morgan fingerprint density at radius 2 is 1.81 bits per heavy atom. The van der Waals surface area contributed by atoms with Crippen LogP contribution in [0.1, 0.15) is 11.4 Å². The molecule has 0 unspecified atom stereocenters. The van der Waals surface area contributed by atoms with Crippen molar-refractivity contribution < 1.29 is 5.11 Å². The quantitative estimate of drug-likeness (QED) is 0.551. The van der Waals surface area contributed by atoms with Gasteiger partial charge in [0.05, 0.1) is 18.8 Å². The summed E-state index contributed by atoms with van der Waals surface area (Å²) in [6, 6.07) is 11.6. The molecule has 4 rings (SSSR count). The summed E-state index contributed by atoms with van der Waals surface area (Å²) in [7, 11) is 0. The molecule has 9 heteroatoms. The molecule has 0 aliphatic rings. The van der Waals surface area contributed by atoms with Crippen molar-refractivity contribution in [3.63, 3.8) is 0 Å². The first-order chi connectivity index (χ1) is 12.8. The van der Waals surface area contributed by atoms with Gasteiger partial charge in [-0.1, -0.05) is 12.1 Å². The number of aliphatic hydroxyl groups excluding tert-OH is 1. The predicted octanol–water partition coefficient (Wildman–Crippen LogP) is 0.899. The molecular formula is C17H16N8O. The van der Waals surface area contributed by atoms with Gasteiger partial charge < -0.3 is 5.11 Å². The van der Waals surface area contributed by atoms with E-state index in [0.29, 0.717) is 18.8 Å². The highest BCUT2D eigenvalue weighted by Gasteiger charge is 2.12. The molecule has 26 heavy (non-hydrogen) atoms. The zero-order valence-corrected chi connectivity index (χ0v) is 13.8. The van der Waals surface area contributed by atoms with Crippen LogP contribution < -0.4 is 0 Å². The molecule has 0 amide bonds. The third-order valence-electron chi connectivity index (χ3n) is 3.91. The van der Waals surface area contributed by atoms with Crippen LogP contribution in [0.4, 0.5) is 0 Å². The smallest absolute Gasteiger partial charge is 0.181 e. The molecule has 1 N–H and O–H groups in total. The molecule has 0 aliphatic heterocycles. The molecule has 0 fully saturated rings. The molecule has 1 aromatic carbocycles. The normalized spacial score (nSPS) is 11.0. The van der Waals surface area contributed by atoms with Gasteiger partial charge in [-0.05, 0) is 40.3 Å². The summed E-state index contributed by atoms with van der Waals surface area (Å²) in [5.41, 5.74) is 2.86. The number of hydrogen-bond acceptors (Lipinski definition) is 7. The maximum atomic E-state index is 9.31. The Bertz CT molecular complexity index is 964. The van der Waals surface area contributed by atoms with Gasteiger partial charge in [-0.15, -0.1) is 5.10 Å². The fourth-order valence-corrected chi connectivity index (χ4v) is 2.63. The van der Waals surface area contributed by atoms with E-state index in [9.17, 15) is 5.11 Å². The first-order valence-electron chi connectivity index (χ1n) is 8.11. The Morgan fingerprint density at radius 3 is 2.50 bits per heavy atom. The third-order valence-corrected chi connectivity index (χ3v) is 3.91. The molecule has 0 saturated heterocycles. The second kappa shape index (κ2) is 7.19. The van der Waals surface area contributed by atoms with Gasteiger partial charge in [-0.2, -0.15) is 5.10 Å². The topological polar surface area (TPSA) is 107 Å². The highest BCUT2D eigenvalue weighted by molar-refractivity contribution is 5.53. The van der Waals surface area contributed by atoms with Crippen LogP contribution in [0.2, 0.25) is 0 Å². The van der Waals surface area contributed by atoms with Crippen LogP contribution in [0.15, 0.2) is 55.1 Å². The zero-order chi connectivity index (χ0) is 17.8. The van der Waals surface area contributed by atoms with Crippen molar-refractivity contribution in [3.05, 3.63) is 66.5 Å². The predicted molar refractivity (Wildman–Crippen MR) is 92.3 cm³/mol. The van der Waals surface area contributed by atoms with Crippen LogP contribution >= 0.6 is 0 Å². The number of aliphatic hydroxyl groups is 1. The van der Waals surface area contributed by atoms with Gasteiger partial charge in [-0.25, -0.2) is 14.3 Å². The van der Waals surface area contributed by atoms with E-state index in [0.717, 1.165) is 22.6 Å². The van der Waals surface area contributed by atoms with Crippen LogP contribution in [-0.4, -0.2) is 51.7 Å². The molecule has 0 bridgehead atoms. The largest absolute Gasteiger partial charge is 0.394 e. The lowest BCUT2D eigenvalue weighted by atomic mass is 10.1. The number of hydrogen-bond donors (Lipinski definition) is 1. The monoisotopic (exact) mass is 348 g/mol. The summed E-state index contributed by atoms with van der Waals surface area (Å²) in [6.07, 6.45) is 5.57. The van der Waals surface area contributed by atoms with E-state index in [4.69, 9.17) is 0 Å². The van der Waals surface area contributed by atoms with E-state index in [1.807, 2.05) is 36.4 Å². The van der Waals surface area contributed by atoms with Crippen molar-refractivity contribution in [1.82, 2.24) is 40.0 Å². The minimum absolute atomic E-state index is 0.00435. The van der Waals surface area contributed by atoms with Gasteiger partial charge in [0, 0.05) is 24.4 Å². The molecule has 0 spiro atoms. The molecule has 3 heterocycles. The molecular weight excluding hydrogens is 332 g/mol. The van der Waals surface area contributed by atoms with Gasteiger partial charge in [0.1, 0.15) is 12.2 Å². The van der Waals surface area contributed by atoms with Gasteiger partial charge in [0.15, 0.2) is 5.82 Å². The number of tetrazole rings is 1. The summed E-state index contributed by atoms with van der Waals surface area (Å²) >= 11 is 0. The minimum atomic E-state index is 0.00435. The van der Waals surface area contributed by atoms with Crippen LogP contribution in [0.5, 0.6) is 0 Å². The van der Waals surface area contributed by atoms with Gasteiger partial charge in [0.2, 0.25) is 0 Å². The lowest BCUT2D eigenvalue weighted by Gasteiger charge is -2.05. The first kappa shape index (κ1) is 16.0. The van der Waals surface area contributed by atoms with Crippen LogP contribution in [-0.2, 0) is 13.0 Å². The van der Waals surface area contributed by atoms with Crippen molar-refractivity contribution in [3.8, 4) is 17.1 Å². The van der Waals surface area contributed by atoms with E-state index in [2.05, 4.69) is 30.6 Å². The Labute approximate surface area is 149 Å². The Balaban J connectivity index is 1.60.